The van der Waals surface area contributed by atoms with E-state index in [2.05, 4.69) is 15.3 Å². The maximum atomic E-state index is 12.9. The smallest absolute Gasteiger partial charge is 0.279 e. The van der Waals surface area contributed by atoms with Crippen LogP contribution in [0, 0.1) is 5.82 Å². The third-order valence-corrected chi connectivity index (χ3v) is 3.72. The van der Waals surface area contributed by atoms with Crippen molar-refractivity contribution < 1.29 is 14.1 Å². The molecule has 0 bridgehead atoms. The van der Waals surface area contributed by atoms with Gasteiger partial charge in [-0.3, -0.25) is 9.59 Å². The van der Waals surface area contributed by atoms with Crippen LogP contribution in [0.3, 0.4) is 0 Å². The predicted molar refractivity (Wildman–Crippen MR) is 92.9 cm³/mol. The fourth-order valence-corrected chi connectivity index (χ4v) is 2.58. The molecule has 0 aliphatic carbocycles. The van der Waals surface area contributed by atoms with E-state index < -0.39 is 0 Å². The van der Waals surface area contributed by atoms with Gasteiger partial charge in [0.05, 0.1) is 18.0 Å². The zero-order chi connectivity index (χ0) is 17.8. The summed E-state index contributed by atoms with van der Waals surface area (Å²) in [7, 11) is 1.83. The topological polar surface area (TPSA) is 79.3 Å². The number of carbonyl (C=O) groups excluding carboxylic acids is 1. The molecular formula is C18H18FN4O2+. The Morgan fingerprint density at radius 1 is 1.20 bits per heavy atom. The van der Waals surface area contributed by atoms with Crippen LogP contribution in [0.5, 0.6) is 0 Å². The lowest BCUT2D eigenvalue weighted by Gasteiger charge is -2.13. The van der Waals surface area contributed by atoms with Crippen LogP contribution in [-0.4, -0.2) is 29.5 Å². The molecule has 3 aromatic rings. The van der Waals surface area contributed by atoms with Gasteiger partial charge in [-0.2, -0.15) is 0 Å². The number of aromatic nitrogens is 2. The number of hydrogen-bond acceptors (Lipinski definition) is 3. The zero-order valence-electron chi connectivity index (χ0n) is 13.7. The monoisotopic (exact) mass is 341 g/mol. The van der Waals surface area contributed by atoms with Crippen molar-refractivity contribution in [2.75, 3.05) is 18.9 Å². The van der Waals surface area contributed by atoms with E-state index in [1.807, 2.05) is 13.1 Å². The van der Waals surface area contributed by atoms with Crippen LogP contribution in [0.1, 0.15) is 5.82 Å². The minimum absolute atomic E-state index is 0.188. The van der Waals surface area contributed by atoms with Gasteiger partial charge in [-0.25, -0.2) is 9.37 Å². The quantitative estimate of drug-likeness (QED) is 0.640. The van der Waals surface area contributed by atoms with E-state index in [0.717, 1.165) is 4.90 Å². The summed E-state index contributed by atoms with van der Waals surface area (Å²) in [6.45, 7) is 0.588. The van der Waals surface area contributed by atoms with Crippen molar-refractivity contribution in [2.45, 2.75) is 6.54 Å². The number of nitrogens with one attached hydrogen (secondary N) is 3. The van der Waals surface area contributed by atoms with E-state index in [1.165, 1.54) is 24.3 Å². The molecule has 128 valence electrons. The Labute approximate surface area is 143 Å². The average molecular weight is 341 g/mol. The van der Waals surface area contributed by atoms with Crippen molar-refractivity contribution in [1.29, 1.82) is 0 Å². The van der Waals surface area contributed by atoms with Gasteiger partial charge in [0.1, 0.15) is 12.4 Å². The van der Waals surface area contributed by atoms with E-state index in [1.54, 1.807) is 18.2 Å². The van der Waals surface area contributed by atoms with Crippen LogP contribution >= 0.6 is 0 Å². The Morgan fingerprint density at radius 3 is 2.68 bits per heavy atom. The number of H-pyrrole nitrogens is 1. The lowest BCUT2D eigenvalue weighted by Crippen LogP contribution is -3.08. The molecule has 3 rings (SSSR count). The first-order chi connectivity index (χ1) is 12.0. The first-order valence-electron chi connectivity index (χ1n) is 7.86. The number of fused-ring (bicyclic) bond motifs is 1. The van der Waals surface area contributed by atoms with Crippen molar-refractivity contribution >= 4 is 22.5 Å². The highest BCUT2D eigenvalue weighted by Gasteiger charge is 2.13. The number of rotatable bonds is 5. The van der Waals surface area contributed by atoms with Gasteiger partial charge in [-0.15, -0.1) is 0 Å². The van der Waals surface area contributed by atoms with E-state index in [-0.39, 0.29) is 23.8 Å². The van der Waals surface area contributed by atoms with E-state index >= 15 is 0 Å². The Balaban J connectivity index is 1.64. The lowest BCUT2D eigenvalue weighted by atomic mass is 10.2. The molecule has 0 spiro atoms. The van der Waals surface area contributed by atoms with Gasteiger partial charge in [-0.1, -0.05) is 12.1 Å². The standard InChI is InChI=1S/C18H17FN4O2/c1-23(11-17(24)20-13-8-6-12(19)7-9-13)10-16-21-15-5-3-2-4-14(15)18(25)22-16/h2-9H,10-11H2,1H3,(H,20,24)(H,21,22,25)/p+1. The van der Waals surface area contributed by atoms with Gasteiger partial charge < -0.3 is 15.2 Å². The minimum atomic E-state index is -0.355. The molecular weight excluding hydrogens is 323 g/mol. The second-order valence-electron chi connectivity index (χ2n) is 5.90. The number of benzene rings is 2. The van der Waals surface area contributed by atoms with Crippen LogP contribution in [0.2, 0.25) is 0 Å². The Kier molecular flexibility index (Phi) is 4.85. The second kappa shape index (κ2) is 7.23. The van der Waals surface area contributed by atoms with Gasteiger partial charge in [0.2, 0.25) is 0 Å². The third kappa shape index (κ3) is 4.27. The number of para-hydroxylation sites is 1. The van der Waals surface area contributed by atoms with Gasteiger partial charge in [0, 0.05) is 5.69 Å². The summed E-state index contributed by atoms with van der Waals surface area (Å²) in [5.74, 6) is -0.0323. The predicted octanol–water partition coefficient (Wildman–Crippen LogP) is 0.716. The number of likely N-dealkylation sites (N-methyl/N-ethyl adjacent to an activating group) is 1. The molecule has 1 aromatic heterocycles. The van der Waals surface area contributed by atoms with Crippen LogP contribution in [-0.2, 0) is 11.3 Å². The molecule has 2 aromatic carbocycles. The normalized spacial score (nSPS) is 12.1. The molecule has 0 saturated heterocycles. The van der Waals surface area contributed by atoms with E-state index in [4.69, 9.17) is 0 Å². The largest absolute Gasteiger partial charge is 0.323 e. The van der Waals surface area contributed by atoms with Crippen LogP contribution in [0.15, 0.2) is 53.3 Å². The van der Waals surface area contributed by atoms with Crippen LogP contribution < -0.4 is 15.8 Å². The molecule has 3 N–H and O–H groups in total. The van der Waals surface area contributed by atoms with Gasteiger partial charge >= 0.3 is 0 Å². The number of quaternary nitrogens is 1. The molecule has 7 heteroatoms. The first kappa shape index (κ1) is 16.8. The van der Waals surface area contributed by atoms with Crippen LogP contribution in [0.25, 0.3) is 10.9 Å². The fraction of sp³-hybridized carbons (Fsp3) is 0.167. The summed E-state index contributed by atoms with van der Waals surface area (Å²) >= 11 is 0. The molecule has 1 atom stereocenters. The molecule has 0 saturated carbocycles. The van der Waals surface area contributed by atoms with Crippen molar-refractivity contribution in [1.82, 2.24) is 9.97 Å². The van der Waals surface area contributed by atoms with Gasteiger partial charge in [-0.05, 0) is 36.4 Å². The maximum Gasteiger partial charge on any atom is 0.279 e. The number of aromatic amines is 1. The lowest BCUT2D eigenvalue weighted by molar-refractivity contribution is -0.885. The first-order valence-corrected chi connectivity index (χ1v) is 7.86. The molecule has 0 aliphatic heterocycles. The highest BCUT2D eigenvalue weighted by molar-refractivity contribution is 5.91. The Morgan fingerprint density at radius 2 is 1.92 bits per heavy atom. The summed E-state index contributed by atoms with van der Waals surface area (Å²) < 4.78 is 12.9. The number of nitrogens with zero attached hydrogens (tertiary/aromatic N) is 1. The summed E-state index contributed by atoms with van der Waals surface area (Å²) in [4.78, 5) is 32.2. The molecule has 25 heavy (non-hydrogen) atoms. The second-order valence-corrected chi connectivity index (χ2v) is 5.90. The summed E-state index contributed by atoms with van der Waals surface area (Å²) in [6.07, 6.45) is 0. The van der Waals surface area contributed by atoms with Crippen molar-refractivity contribution in [2.24, 2.45) is 0 Å². The van der Waals surface area contributed by atoms with Crippen molar-refractivity contribution in [3.05, 3.63) is 70.5 Å². The summed E-state index contributed by atoms with van der Waals surface area (Å²) in [5.41, 5.74) is 0.977. The highest BCUT2D eigenvalue weighted by atomic mass is 19.1. The molecule has 6 nitrogen and oxygen atoms in total. The zero-order valence-corrected chi connectivity index (χ0v) is 13.7. The summed E-state index contributed by atoms with van der Waals surface area (Å²) in [5, 5.41) is 3.25. The maximum absolute atomic E-state index is 12.9. The summed E-state index contributed by atoms with van der Waals surface area (Å²) in [6, 6.07) is 12.7. The SMILES string of the molecule is C[NH+](CC(=O)Nc1ccc(F)cc1)Cc1nc2ccccc2c(=O)[nH]1. The molecule has 1 amide bonds. The van der Waals surface area contributed by atoms with Crippen LogP contribution in [0.4, 0.5) is 10.1 Å². The van der Waals surface area contributed by atoms with E-state index in [9.17, 15) is 14.0 Å². The number of halogens is 1. The minimum Gasteiger partial charge on any atom is -0.323 e. The highest BCUT2D eigenvalue weighted by Crippen LogP contribution is 2.07. The number of amides is 1. The van der Waals surface area contributed by atoms with Gasteiger partial charge in [0.15, 0.2) is 12.4 Å². The average Bonchev–Trinajstić information content (AvgIpc) is 2.57. The Hall–Kier alpha value is -3.06. The Bertz CT molecular complexity index is 953. The molecule has 0 fully saturated rings. The number of carbonyl (C=O) groups is 1. The van der Waals surface area contributed by atoms with Gasteiger partial charge in [0.25, 0.3) is 11.5 Å². The number of anilines is 1. The molecule has 1 heterocycles. The van der Waals surface area contributed by atoms with E-state index in [0.29, 0.717) is 29.0 Å². The van der Waals surface area contributed by atoms with Crippen molar-refractivity contribution in [3.63, 3.8) is 0 Å². The molecule has 0 aliphatic rings. The van der Waals surface area contributed by atoms with Crippen molar-refractivity contribution in [3.8, 4) is 0 Å². The molecule has 0 radical (unpaired) electrons. The number of hydrogen-bond donors (Lipinski definition) is 3. The molecule has 1 unspecified atom stereocenters. The third-order valence-electron chi connectivity index (χ3n) is 3.72. The fourth-order valence-electron chi connectivity index (χ4n) is 2.58.